The lowest BCUT2D eigenvalue weighted by Gasteiger charge is -2.20. The fourth-order valence-corrected chi connectivity index (χ4v) is 2.41. The lowest BCUT2D eigenvalue weighted by molar-refractivity contribution is 0.250. The van der Waals surface area contributed by atoms with Crippen LogP contribution in [0.5, 0.6) is 0 Å². The van der Waals surface area contributed by atoms with Crippen molar-refractivity contribution >= 4 is 0 Å². The van der Waals surface area contributed by atoms with Crippen molar-refractivity contribution in [3.05, 3.63) is 23.4 Å². The largest absolute Gasteiger partial charge is 0.339 e. The summed E-state index contributed by atoms with van der Waals surface area (Å²) in [6.45, 7) is 6.46. The lowest BCUT2D eigenvalue weighted by Crippen LogP contribution is -2.23. The summed E-state index contributed by atoms with van der Waals surface area (Å²) >= 11 is 0. The molecule has 1 saturated carbocycles. The van der Waals surface area contributed by atoms with E-state index in [1.54, 1.807) is 0 Å². The summed E-state index contributed by atoms with van der Waals surface area (Å²) in [5.74, 6) is 3.79. The molecule has 0 unspecified atom stereocenters. The first-order chi connectivity index (χ1) is 10.3. The number of hydrogen-bond acceptors (Lipinski definition) is 6. The maximum absolute atomic E-state index is 5.36. The summed E-state index contributed by atoms with van der Waals surface area (Å²) < 4.78 is 5.36. The smallest absolute Gasteiger partial charge is 0.229 e. The van der Waals surface area contributed by atoms with E-state index >= 15 is 0 Å². The SMILES string of the molecule is CCc1n[nH]c(CN(CC)Cc2noc(C3CCC3)n2)n1. The quantitative estimate of drug-likeness (QED) is 0.840. The van der Waals surface area contributed by atoms with Gasteiger partial charge in [-0.1, -0.05) is 25.4 Å². The number of rotatable bonds is 7. The molecule has 0 aliphatic heterocycles. The fraction of sp³-hybridized carbons (Fsp3) is 0.714. The van der Waals surface area contributed by atoms with Gasteiger partial charge >= 0.3 is 0 Å². The molecule has 1 aliphatic rings. The molecule has 1 fully saturated rings. The zero-order valence-electron chi connectivity index (χ0n) is 12.7. The third kappa shape index (κ3) is 3.29. The van der Waals surface area contributed by atoms with Gasteiger partial charge in [0.1, 0.15) is 11.6 Å². The number of hydrogen-bond donors (Lipinski definition) is 1. The highest BCUT2D eigenvalue weighted by Gasteiger charge is 2.25. The van der Waals surface area contributed by atoms with E-state index in [-0.39, 0.29) is 0 Å². The second kappa shape index (κ2) is 6.34. The molecular formula is C14H22N6O. The minimum Gasteiger partial charge on any atom is -0.339 e. The summed E-state index contributed by atoms with van der Waals surface area (Å²) in [5.41, 5.74) is 0. The van der Waals surface area contributed by atoms with E-state index in [2.05, 4.69) is 37.1 Å². The van der Waals surface area contributed by atoms with Crippen LogP contribution in [0, 0.1) is 0 Å². The van der Waals surface area contributed by atoms with E-state index in [1.165, 1.54) is 19.3 Å². The van der Waals surface area contributed by atoms with Crippen LogP contribution < -0.4 is 0 Å². The Bertz CT molecular complexity index is 574. The van der Waals surface area contributed by atoms with Crippen LogP contribution in [-0.4, -0.2) is 36.8 Å². The van der Waals surface area contributed by atoms with Crippen LogP contribution in [0.25, 0.3) is 0 Å². The van der Waals surface area contributed by atoms with Crippen molar-refractivity contribution in [3.8, 4) is 0 Å². The van der Waals surface area contributed by atoms with E-state index in [0.717, 1.165) is 42.9 Å². The van der Waals surface area contributed by atoms with Gasteiger partial charge in [0.2, 0.25) is 5.89 Å². The molecular weight excluding hydrogens is 268 g/mol. The molecule has 21 heavy (non-hydrogen) atoms. The summed E-state index contributed by atoms with van der Waals surface area (Å²) in [6, 6.07) is 0. The van der Waals surface area contributed by atoms with Crippen molar-refractivity contribution in [3.63, 3.8) is 0 Å². The molecule has 0 radical (unpaired) electrons. The monoisotopic (exact) mass is 290 g/mol. The second-order valence-electron chi connectivity index (χ2n) is 5.53. The molecule has 1 N–H and O–H groups in total. The third-order valence-corrected chi connectivity index (χ3v) is 4.02. The Morgan fingerprint density at radius 2 is 2.05 bits per heavy atom. The van der Waals surface area contributed by atoms with Gasteiger partial charge in [-0.25, -0.2) is 4.98 Å². The number of aromatic amines is 1. The zero-order valence-corrected chi connectivity index (χ0v) is 12.7. The molecule has 0 bridgehead atoms. The van der Waals surface area contributed by atoms with Gasteiger partial charge in [0.15, 0.2) is 5.82 Å². The van der Waals surface area contributed by atoms with Crippen LogP contribution in [-0.2, 0) is 19.5 Å². The Hall–Kier alpha value is -1.76. The van der Waals surface area contributed by atoms with E-state index < -0.39 is 0 Å². The first-order valence-corrected chi connectivity index (χ1v) is 7.73. The van der Waals surface area contributed by atoms with Crippen LogP contribution in [0.2, 0.25) is 0 Å². The van der Waals surface area contributed by atoms with Crippen LogP contribution in [0.1, 0.15) is 62.4 Å². The van der Waals surface area contributed by atoms with Crippen LogP contribution in [0.3, 0.4) is 0 Å². The van der Waals surface area contributed by atoms with Gasteiger partial charge in [-0.2, -0.15) is 10.1 Å². The second-order valence-corrected chi connectivity index (χ2v) is 5.53. The average molecular weight is 290 g/mol. The fourth-order valence-electron chi connectivity index (χ4n) is 2.41. The van der Waals surface area contributed by atoms with Crippen LogP contribution >= 0.6 is 0 Å². The van der Waals surface area contributed by atoms with Crippen molar-refractivity contribution < 1.29 is 4.52 Å². The lowest BCUT2D eigenvalue weighted by atomic mass is 9.85. The van der Waals surface area contributed by atoms with Gasteiger partial charge in [0.05, 0.1) is 13.1 Å². The first kappa shape index (κ1) is 14.2. The number of nitrogens with zero attached hydrogens (tertiary/aromatic N) is 5. The highest BCUT2D eigenvalue weighted by molar-refractivity contribution is 4.98. The van der Waals surface area contributed by atoms with E-state index in [9.17, 15) is 0 Å². The maximum Gasteiger partial charge on any atom is 0.229 e. The molecule has 0 atom stereocenters. The van der Waals surface area contributed by atoms with Crippen molar-refractivity contribution in [2.45, 2.75) is 58.5 Å². The predicted octanol–water partition coefficient (Wildman–Crippen LogP) is 2.04. The van der Waals surface area contributed by atoms with Crippen molar-refractivity contribution in [2.24, 2.45) is 0 Å². The number of H-pyrrole nitrogens is 1. The molecule has 2 aromatic heterocycles. The zero-order chi connectivity index (χ0) is 14.7. The van der Waals surface area contributed by atoms with Gasteiger partial charge in [-0.15, -0.1) is 0 Å². The molecule has 1 aliphatic carbocycles. The summed E-state index contributed by atoms with van der Waals surface area (Å²) in [7, 11) is 0. The standard InChI is InChI=1S/C14H22N6O/c1-3-11-15-12(18-17-11)8-20(4-2)9-13-16-14(21-19-13)10-6-5-7-10/h10H,3-9H2,1-2H3,(H,15,17,18). The normalized spacial score (nSPS) is 15.6. The van der Waals surface area contributed by atoms with Gasteiger partial charge in [-0.3, -0.25) is 10.00 Å². The third-order valence-electron chi connectivity index (χ3n) is 4.02. The number of nitrogens with one attached hydrogen (secondary N) is 1. The van der Waals surface area contributed by atoms with Gasteiger partial charge < -0.3 is 4.52 Å². The first-order valence-electron chi connectivity index (χ1n) is 7.73. The summed E-state index contributed by atoms with van der Waals surface area (Å²) in [6.07, 6.45) is 4.47. The topological polar surface area (TPSA) is 83.7 Å². The molecule has 0 spiro atoms. The Kier molecular flexibility index (Phi) is 4.28. The van der Waals surface area contributed by atoms with Crippen molar-refractivity contribution in [1.29, 1.82) is 0 Å². The minimum absolute atomic E-state index is 0.489. The highest BCUT2D eigenvalue weighted by atomic mass is 16.5. The maximum atomic E-state index is 5.36. The molecule has 0 aromatic carbocycles. The Morgan fingerprint density at radius 1 is 1.19 bits per heavy atom. The predicted molar refractivity (Wildman–Crippen MR) is 76.4 cm³/mol. The molecule has 0 amide bonds. The van der Waals surface area contributed by atoms with E-state index in [4.69, 9.17) is 4.52 Å². The molecule has 7 heteroatoms. The minimum atomic E-state index is 0.489. The van der Waals surface area contributed by atoms with Crippen LogP contribution in [0.15, 0.2) is 4.52 Å². The van der Waals surface area contributed by atoms with Crippen molar-refractivity contribution in [1.82, 2.24) is 30.2 Å². The van der Waals surface area contributed by atoms with Gasteiger partial charge in [0, 0.05) is 12.3 Å². The molecule has 2 heterocycles. The highest BCUT2D eigenvalue weighted by Crippen LogP contribution is 2.35. The van der Waals surface area contributed by atoms with Crippen molar-refractivity contribution in [2.75, 3.05) is 6.54 Å². The Balaban J connectivity index is 1.59. The molecule has 7 nitrogen and oxygen atoms in total. The Labute approximate surface area is 124 Å². The van der Waals surface area contributed by atoms with Gasteiger partial charge in [0.25, 0.3) is 0 Å². The summed E-state index contributed by atoms with van der Waals surface area (Å²) in [4.78, 5) is 11.2. The van der Waals surface area contributed by atoms with E-state index in [0.29, 0.717) is 12.5 Å². The number of aryl methyl sites for hydroxylation is 1. The Morgan fingerprint density at radius 3 is 2.67 bits per heavy atom. The molecule has 3 rings (SSSR count). The number of aromatic nitrogens is 5. The van der Waals surface area contributed by atoms with Gasteiger partial charge in [-0.05, 0) is 19.4 Å². The molecule has 2 aromatic rings. The summed E-state index contributed by atoms with van der Waals surface area (Å²) in [5, 5.41) is 11.2. The average Bonchev–Trinajstić information content (AvgIpc) is 3.06. The van der Waals surface area contributed by atoms with Crippen LogP contribution in [0.4, 0.5) is 0 Å². The van der Waals surface area contributed by atoms with E-state index in [1.807, 2.05) is 6.92 Å². The molecule has 0 saturated heterocycles. The molecule has 114 valence electrons.